The van der Waals surface area contributed by atoms with Crippen LogP contribution < -0.4 is 9.79 Å². The average Bonchev–Trinajstić information content (AvgIpc) is 3.46. The van der Waals surface area contributed by atoms with Gasteiger partial charge in [-0.2, -0.15) is 13.2 Å². The molecule has 2 heterocycles. The van der Waals surface area contributed by atoms with Crippen LogP contribution in [0.3, 0.4) is 0 Å². The molecule has 198 valence electrons. The van der Waals surface area contributed by atoms with Crippen molar-refractivity contribution in [1.29, 1.82) is 0 Å². The molecule has 10 nitrogen and oxygen atoms in total. The number of hydroxylamine groups is 1. The first kappa shape index (κ1) is 27.7. The van der Waals surface area contributed by atoms with Crippen molar-refractivity contribution >= 4 is 39.4 Å². The van der Waals surface area contributed by atoms with Crippen molar-refractivity contribution < 1.29 is 40.8 Å². The highest BCUT2D eigenvalue weighted by Crippen LogP contribution is 2.35. The molecule has 3 rings (SSSR count). The Morgan fingerprint density at radius 1 is 1.19 bits per heavy atom. The Morgan fingerprint density at radius 3 is 2.42 bits per heavy atom. The van der Waals surface area contributed by atoms with Crippen molar-refractivity contribution in [3.05, 3.63) is 40.2 Å². The fraction of sp³-hybridized carbons (Fsp3) is 0.476. The number of amides is 2. The predicted molar refractivity (Wildman–Crippen MR) is 124 cm³/mol. The smallest absolute Gasteiger partial charge is 0.430 e. The van der Waals surface area contributed by atoms with Crippen molar-refractivity contribution in [3.63, 3.8) is 0 Å². The first-order valence-electron chi connectivity index (χ1n) is 10.8. The van der Waals surface area contributed by atoms with Gasteiger partial charge in [-0.1, -0.05) is 6.07 Å². The number of likely N-dealkylation sites (tertiary alicyclic amines) is 1. The molecular weight excluding hydrogens is 525 g/mol. The highest BCUT2D eigenvalue weighted by Gasteiger charge is 2.39. The van der Waals surface area contributed by atoms with E-state index in [1.807, 2.05) is 0 Å². The number of rotatable bonds is 6. The molecule has 0 spiro atoms. The quantitative estimate of drug-likeness (QED) is 0.522. The maximum Gasteiger partial charge on any atom is 0.430 e. The Hall–Kier alpha value is -2.91. The molecule has 1 aromatic carbocycles. The van der Waals surface area contributed by atoms with Gasteiger partial charge >= 0.3 is 18.4 Å². The number of nitrogens with zero attached hydrogens (tertiary/aromatic N) is 3. The molecule has 2 aromatic rings. The Morgan fingerprint density at radius 2 is 1.86 bits per heavy atom. The monoisotopic (exact) mass is 550 g/mol. The topological polar surface area (TPSA) is 118 Å². The zero-order valence-corrected chi connectivity index (χ0v) is 21.3. The Labute approximate surface area is 210 Å². The van der Waals surface area contributed by atoms with Crippen molar-refractivity contribution in [2.45, 2.75) is 56.8 Å². The maximum atomic E-state index is 13.8. The van der Waals surface area contributed by atoms with Crippen LogP contribution in [0.1, 0.15) is 44.7 Å². The number of hydrogen-bond donors (Lipinski definition) is 1. The van der Waals surface area contributed by atoms with E-state index in [2.05, 4.69) is 10.5 Å². The molecule has 1 aromatic heterocycles. The van der Waals surface area contributed by atoms with Gasteiger partial charge < -0.3 is 14.5 Å². The van der Waals surface area contributed by atoms with Gasteiger partial charge in [-0.3, -0.25) is 0 Å². The van der Waals surface area contributed by atoms with Gasteiger partial charge in [0.1, 0.15) is 5.60 Å². The van der Waals surface area contributed by atoms with Gasteiger partial charge in [-0.05, 0) is 51.3 Å². The summed E-state index contributed by atoms with van der Waals surface area (Å²) < 4.78 is 73.6. The molecule has 0 aliphatic carbocycles. The minimum absolute atomic E-state index is 0.222. The van der Waals surface area contributed by atoms with E-state index in [0.29, 0.717) is 19.2 Å². The number of anilines is 1. The van der Waals surface area contributed by atoms with E-state index in [0.717, 1.165) is 36.3 Å². The highest BCUT2D eigenvalue weighted by molar-refractivity contribution is 7.93. The number of carbonyl (C=O) groups is 2. The van der Waals surface area contributed by atoms with Gasteiger partial charge in [0.05, 0.1) is 22.5 Å². The van der Waals surface area contributed by atoms with Crippen LogP contribution in [0.15, 0.2) is 34.0 Å². The van der Waals surface area contributed by atoms with Crippen molar-refractivity contribution in [1.82, 2.24) is 15.4 Å². The fourth-order valence-corrected chi connectivity index (χ4v) is 5.19. The SMILES string of the molecule is CC(C)(C)OC(=O)N(c1cscn1)S(=O)(=O)c1ccc(CNOC(=O)N2CCCC2)c(C(F)(F)F)c1. The molecule has 0 atom stereocenters. The van der Waals surface area contributed by atoms with E-state index in [4.69, 9.17) is 9.57 Å². The molecule has 1 aliphatic rings. The minimum Gasteiger partial charge on any atom is -0.443 e. The zero-order chi connectivity index (χ0) is 26.7. The standard InChI is InChI=1S/C21H25F3N4O6S2/c1-20(2,3)33-19(30)28(17-12-35-13-25-17)36(31,32)15-7-6-14(16(10-15)21(22,23)24)11-26-34-18(29)27-8-4-5-9-27/h6-7,10,12-13,26H,4-5,8-9,11H2,1-3H3. The summed E-state index contributed by atoms with van der Waals surface area (Å²) in [6.07, 6.45) is -5.36. The fourth-order valence-electron chi connectivity index (χ4n) is 3.30. The number of alkyl halides is 3. The lowest BCUT2D eigenvalue weighted by atomic mass is 10.1. The lowest BCUT2D eigenvalue weighted by Crippen LogP contribution is -2.41. The van der Waals surface area contributed by atoms with E-state index in [9.17, 15) is 31.2 Å². The van der Waals surface area contributed by atoms with Crippen LogP contribution in [-0.4, -0.2) is 49.2 Å². The number of hydrogen-bond acceptors (Lipinski definition) is 9. The zero-order valence-electron chi connectivity index (χ0n) is 19.7. The number of ether oxygens (including phenoxy) is 1. The highest BCUT2D eigenvalue weighted by atomic mass is 32.2. The summed E-state index contributed by atoms with van der Waals surface area (Å²) >= 11 is 0.987. The number of carbonyl (C=O) groups excluding carboxylic acids is 2. The predicted octanol–water partition coefficient (Wildman–Crippen LogP) is 4.53. The molecule has 0 unspecified atom stereocenters. The van der Waals surface area contributed by atoms with E-state index >= 15 is 0 Å². The Kier molecular flexibility index (Phi) is 8.15. The average molecular weight is 551 g/mol. The number of sulfonamides is 1. The van der Waals surface area contributed by atoms with E-state index in [1.165, 1.54) is 36.6 Å². The summed E-state index contributed by atoms with van der Waals surface area (Å²) in [5, 5.41) is 1.25. The molecule has 0 radical (unpaired) electrons. The largest absolute Gasteiger partial charge is 0.443 e. The summed E-state index contributed by atoms with van der Waals surface area (Å²) in [5.74, 6) is -0.317. The molecule has 1 aliphatic heterocycles. The molecule has 15 heteroatoms. The second kappa shape index (κ2) is 10.6. The van der Waals surface area contributed by atoms with Gasteiger partial charge in [0.15, 0.2) is 5.82 Å². The van der Waals surface area contributed by atoms with Crippen LogP contribution in [0.4, 0.5) is 28.6 Å². The molecule has 36 heavy (non-hydrogen) atoms. The van der Waals surface area contributed by atoms with Crippen LogP contribution in [0, 0.1) is 0 Å². The Bertz CT molecular complexity index is 1190. The lowest BCUT2D eigenvalue weighted by molar-refractivity contribution is -0.138. The van der Waals surface area contributed by atoms with E-state index in [-0.39, 0.29) is 15.7 Å². The second-order valence-electron chi connectivity index (χ2n) is 8.80. The third-order valence-corrected chi connectivity index (χ3v) is 7.14. The van der Waals surface area contributed by atoms with E-state index < -0.39 is 51.0 Å². The van der Waals surface area contributed by atoms with Crippen molar-refractivity contribution in [2.75, 3.05) is 17.4 Å². The van der Waals surface area contributed by atoms with Gasteiger partial charge in [0.2, 0.25) is 0 Å². The minimum atomic E-state index is -4.95. The molecule has 1 fully saturated rings. The molecule has 1 saturated heterocycles. The molecule has 2 amide bonds. The third kappa shape index (κ3) is 6.64. The van der Waals surface area contributed by atoms with Gasteiger partial charge in [-0.25, -0.2) is 23.0 Å². The number of aromatic nitrogens is 1. The molecule has 0 bridgehead atoms. The van der Waals surface area contributed by atoms with Crippen LogP contribution in [0.2, 0.25) is 0 Å². The first-order valence-corrected chi connectivity index (χ1v) is 13.1. The number of nitrogens with one attached hydrogen (secondary N) is 1. The number of benzene rings is 1. The van der Waals surface area contributed by atoms with E-state index in [1.54, 1.807) is 0 Å². The number of thiazole rings is 1. The van der Waals surface area contributed by atoms with Crippen LogP contribution in [-0.2, 0) is 32.3 Å². The molecule has 1 N–H and O–H groups in total. The Balaban J connectivity index is 1.90. The van der Waals surface area contributed by atoms with Crippen LogP contribution in [0.5, 0.6) is 0 Å². The van der Waals surface area contributed by atoms with Crippen molar-refractivity contribution in [3.8, 4) is 0 Å². The normalized spacial score (nSPS) is 14.6. The molecular formula is C21H25F3N4O6S2. The summed E-state index contributed by atoms with van der Waals surface area (Å²) in [6, 6.07) is 2.27. The van der Waals surface area contributed by atoms with Crippen LogP contribution >= 0.6 is 11.3 Å². The summed E-state index contributed by atoms with van der Waals surface area (Å²) in [7, 11) is -4.85. The maximum absolute atomic E-state index is 13.8. The number of halogens is 3. The first-order chi connectivity index (χ1) is 16.7. The van der Waals surface area contributed by atoms with Gasteiger partial charge in [0, 0.05) is 18.5 Å². The lowest BCUT2D eigenvalue weighted by Gasteiger charge is -2.26. The van der Waals surface area contributed by atoms with Gasteiger partial charge in [0.25, 0.3) is 10.0 Å². The second-order valence-corrected chi connectivity index (χ2v) is 11.3. The summed E-state index contributed by atoms with van der Waals surface area (Å²) in [4.78, 5) is 34.0. The summed E-state index contributed by atoms with van der Waals surface area (Å²) in [6.45, 7) is 4.99. The molecule has 0 saturated carbocycles. The third-order valence-electron chi connectivity index (χ3n) is 4.90. The van der Waals surface area contributed by atoms with Crippen LogP contribution in [0.25, 0.3) is 0 Å². The van der Waals surface area contributed by atoms with Crippen molar-refractivity contribution in [2.24, 2.45) is 0 Å². The van der Waals surface area contributed by atoms with Gasteiger partial charge in [-0.15, -0.1) is 21.1 Å². The summed E-state index contributed by atoms with van der Waals surface area (Å²) in [5.41, 5.74) is 0.737.